The number of hydrogen-bond acceptors (Lipinski definition) is 3. The smallest absolute Gasteiger partial charge is 0.307 e. The number of fused-ring (bicyclic) bond motifs is 1. The van der Waals surface area contributed by atoms with E-state index < -0.39 is 0 Å². The van der Waals surface area contributed by atoms with E-state index in [0.29, 0.717) is 5.58 Å². The fraction of sp³-hybridized carbons (Fsp3) is 0.0909. The van der Waals surface area contributed by atoms with Gasteiger partial charge in [0.1, 0.15) is 5.58 Å². The van der Waals surface area contributed by atoms with E-state index in [1.165, 1.54) is 0 Å². The van der Waals surface area contributed by atoms with Gasteiger partial charge in [-0.1, -0.05) is 36.4 Å². The molecule has 2 aromatic carbocycles. The van der Waals surface area contributed by atoms with Gasteiger partial charge in [-0.05, 0) is 44.2 Å². The van der Waals surface area contributed by atoms with Crippen LogP contribution in [0.1, 0.15) is 27.5 Å². The molecule has 134 valence electrons. The van der Waals surface area contributed by atoms with Gasteiger partial charge in [0, 0.05) is 28.0 Å². The van der Waals surface area contributed by atoms with Crippen LogP contribution >= 0.6 is 0 Å². The molecule has 2 heterocycles. The van der Waals surface area contributed by atoms with E-state index in [2.05, 4.69) is 27.2 Å². The second-order valence-corrected chi connectivity index (χ2v) is 6.35. The molecule has 0 radical (unpaired) electrons. The summed E-state index contributed by atoms with van der Waals surface area (Å²) in [6, 6.07) is 21.4. The molecule has 0 spiro atoms. The zero-order valence-corrected chi connectivity index (χ0v) is 15.1. The molecule has 0 fully saturated rings. The SMILES string of the molecule is Cc1cc(/C=N\NC(=O)c2cc3ccccc3o2)c(C)n1-c1ccccc1. The van der Waals surface area contributed by atoms with Gasteiger partial charge in [-0.3, -0.25) is 4.79 Å². The monoisotopic (exact) mass is 357 g/mol. The number of aromatic nitrogens is 1. The maximum atomic E-state index is 12.3. The van der Waals surface area contributed by atoms with Gasteiger partial charge in [0.05, 0.1) is 6.21 Å². The van der Waals surface area contributed by atoms with E-state index in [4.69, 9.17) is 4.42 Å². The van der Waals surface area contributed by atoms with Crippen molar-refractivity contribution in [1.29, 1.82) is 0 Å². The number of amides is 1. The van der Waals surface area contributed by atoms with Crippen molar-refractivity contribution in [3.05, 3.63) is 89.4 Å². The molecule has 0 aliphatic carbocycles. The summed E-state index contributed by atoms with van der Waals surface area (Å²) in [5.41, 5.74) is 7.41. The molecule has 0 bridgehead atoms. The third-order valence-corrected chi connectivity index (χ3v) is 4.50. The molecule has 4 aromatic rings. The number of hydrazone groups is 1. The van der Waals surface area contributed by atoms with Crippen LogP contribution in [0.15, 0.2) is 76.2 Å². The van der Waals surface area contributed by atoms with Crippen molar-refractivity contribution in [2.45, 2.75) is 13.8 Å². The Hall–Kier alpha value is -3.60. The van der Waals surface area contributed by atoms with Crippen LogP contribution < -0.4 is 5.43 Å². The molecule has 0 aliphatic rings. The lowest BCUT2D eigenvalue weighted by Gasteiger charge is -2.08. The normalized spacial score (nSPS) is 11.3. The molecule has 0 saturated carbocycles. The first-order chi connectivity index (χ1) is 13.1. The first-order valence-electron chi connectivity index (χ1n) is 8.70. The summed E-state index contributed by atoms with van der Waals surface area (Å²) in [6.45, 7) is 4.08. The molecular formula is C22H19N3O2. The summed E-state index contributed by atoms with van der Waals surface area (Å²) in [4.78, 5) is 12.3. The molecule has 0 saturated heterocycles. The predicted molar refractivity (Wildman–Crippen MR) is 107 cm³/mol. The van der Waals surface area contributed by atoms with E-state index in [1.807, 2.05) is 62.4 Å². The summed E-state index contributed by atoms with van der Waals surface area (Å²) in [7, 11) is 0. The van der Waals surface area contributed by atoms with Crippen LogP contribution in [-0.4, -0.2) is 16.7 Å². The lowest BCUT2D eigenvalue weighted by atomic mass is 10.2. The van der Waals surface area contributed by atoms with Gasteiger partial charge in [0.15, 0.2) is 5.76 Å². The first kappa shape index (κ1) is 16.8. The third kappa shape index (κ3) is 3.27. The second-order valence-electron chi connectivity index (χ2n) is 6.35. The van der Waals surface area contributed by atoms with Gasteiger partial charge in [0.25, 0.3) is 0 Å². The molecule has 0 unspecified atom stereocenters. The summed E-state index contributed by atoms with van der Waals surface area (Å²) in [5, 5.41) is 4.99. The maximum Gasteiger partial charge on any atom is 0.307 e. The van der Waals surface area contributed by atoms with E-state index >= 15 is 0 Å². The van der Waals surface area contributed by atoms with Gasteiger partial charge in [-0.15, -0.1) is 0 Å². The summed E-state index contributed by atoms with van der Waals surface area (Å²) in [6.07, 6.45) is 1.66. The van der Waals surface area contributed by atoms with Gasteiger partial charge in [-0.2, -0.15) is 5.10 Å². The highest BCUT2D eigenvalue weighted by atomic mass is 16.3. The fourth-order valence-corrected chi connectivity index (χ4v) is 3.20. The lowest BCUT2D eigenvalue weighted by molar-refractivity contribution is 0.0929. The van der Waals surface area contributed by atoms with Crippen molar-refractivity contribution >= 4 is 23.1 Å². The Morgan fingerprint density at radius 1 is 1.04 bits per heavy atom. The standard InChI is InChI=1S/C22H19N3O2/c1-15-12-18(16(2)25(15)19-9-4-3-5-10-19)14-23-24-22(26)21-13-17-8-6-7-11-20(17)27-21/h3-14H,1-2H3,(H,24,26)/b23-14-. The van der Waals surface area contributed by atoms with Gasteiger partial charge in [-0.25, -0.2) is 5.43 Å². The largest absolute Gasteiger partial charge is 0.451 e. The van der Waals surface area contributed by atoms with E-state index in [-0.39, 0.29) is 11.7 Å². The molecule has 2 aromatic heterocycles. The fourth-order valence-electron chi connectivity index (χ4n) is 3.20. The second kappa shape index (κ2) is 6.96. The Morgan fingerprint density at radius 3 is 2.56 bits per heavy atom. The van der Waals surface area contributed by atoms with Crippen LogP contribution in [0, 0.1) is 13.8 Å². The molecule has 0 aliphatic heterocycles. The highest BCUT2D eigenvalue weighted by molar-refractivity contribution is 5.96. The van der Waals surface area contributed by atoms with E-state index in [1.54, 1.807) is 12.3 Å². The van der Waals surface area contributed by atoms with Crippen LogP contribution in [0.2, 0.25) is 0 Å². The van der Waals surface area contributed by atoms with Gasteiger partial charge in [0.2, 0.25) is 0 Å². The zero-order chi connectivity index (χ0) is 18.8. The van der Waals surface area contributed by atoms with Crippen molar-refractivity contribution in [3.63, 3.8) is 0 Å². The molecule has 0 atom stereocenters. The number of carbonyl (C=O) groups is 1. The average Bonchev–Trinajstić information content (AvgIpc) is 3.23. The van der Waals surface area contributed by atoms with Crippen molar-refractivity contribution in [2.24, 2.45) is 5.10 Å². The van der Waals surface area contributed by atoms with Crippen molar-refractivity contribution in [3.8, 4) is 5.69 Å². The quantitative estimate of drug-likeness (QED) is 0.428. The van der Waals surface area contributed by atoms with Crippen molar-refractivity contribution in [1.82, 2.24) is 9.99 Å². The molecule has 1 N–H and O–H groups in total. The van der Waals surface area contributed by atoms with E-state index in [9.17, 15) is 4.79 Å². The Labute approximate surface area is 156 Å². The minimum atomic E-state index is -0.376. The number of nitrogens with one attached hydrogen (secondary N) is 1. The van der Waals surface area contributed by atoms with Crippen LogP contribution in [0.4, 0.5) is 0 Å². The third-order valence-electron chi connectivity index (χ3n) is 4.50. The maximum absolute atomic E-state index is 12.3. The molecule has 5 nitrogen and oxygen atoms in total. The average molecular weight is 357 g/mol. The van der Waals surface area contributed by atoms with Crippen LogP contribution in [0.25, 0.3) is 16.7 Å². The Bertz CT molecular complexity index is 1100. The Morgan fingerprint density at radius 2 is 1.78 bits per heavy atom. The summed E-state index contributed by atoms with van der Waals surface area (Å²) in [5.74, 6) is -0.137. The number of carbonyl (C=O) groups excluding carboxylic acids is 1. The summed E-state index contributed by atoms with van der Waals surface area (Å²) < 4.78 is 7.70. The molecule has 27 heavy (non-hydrogen) atoms. The topological polar surface area (TPSA) is 59.5 Å². The number of rotatable bonds is 4. The van der Waals surface area contributed by atoms with Gasteiger partial charge >= 0.3 is 5.91 Å². The molecular weight excluding hydrogens is 338 g/mol. The lowest BCUT2D eigenvalue weighted by Crippen LogP contribution is -2.16. The first-order valence-corrected chi connectivity index (χ1v) is 8.70. The minimum Gasteiger partial charge on any atom is -0.451 e. The van der Waals surface area contributed by atoms with Gasteiger partial charge < -0.3 is 8.98 Å². The highest BCUT2D eigenvalue weighted by Gasteiger charge is 2.12. The number of para-hydroxylation sites is 2. The van der Waals surface area contributed by atoms with Crippen LogP contribution in [0.3, 0.4) is 0 Å². The van der Waals surface area contributed by atoms with Crippen molar-refractivity contribution < 1.29 is 9.21 Å². The van der Waals surface area contributed by atoms with Crippen LogP contribution in [0.5, 0.6) is 0 Å². The number of furan rings is 1. The highest BCUT2D eigenvalue weighted by Crippen LogP contribution is 2.20. The number of nitrogens with zero attached hydrogens (tertiary/aromatic N) is 2. The summed E-state index contributed by atoms with van der Waals surface area (Å²) >= 11 is 0. The Kier molecular flexibility index (Phi) is 4.34. The number of benzene rings is 2. The van der Waals surface area contributed by atoms with Crippen LogP contribution in [-0.2, 0) is 0 Å². The molecule has 1 amide bonds. The number of aryl methyl sites for hydroxylation is 1. The zero-order valence-electron chi connectivity index (χ0n) is 15.1. The minimum absolute atomic E-state index is 0.239. The van der Waals surface area contributed by atoms with Crippen molar-refractivity contribution in [2.75, 3.05) is 0 Å². The van der Waals surface area contributed by atoms with E-state index in [0.717, 1.165) is 28.0 Å². The number of hydrogen-bond donors (Lipinski definition) is 1. The molecule has 5 heteroatoms. The molecule has 4 rings (SSSR count). The Balaban J connectivity index is 1.52. The predicted octanol–water partition coefficient (Wildman–Crippen LogP) is 4.60.